The molecule has 8 nitrogen and oxygen atoms in total. The highest BCUT2D eigenvalue weighted by molar-refractivity contribution is 9.11. The molecule has 1 aromatic rings. The van der Waals surface area contributed by atoms with Gasteiger partial charge in [0.1, 0.15) is 12.3 Å². The molecule has 1 heterocycles. The molecule has 1 aliphatic rings. The van der Waals surface area contributed by atoms with E-state index in [1.807, 2.05) is 0 Å². The van der Waals surface area contributed by atoms with Crippen molar-refractivity contribution in [2.45, 2.75) is 6.42 Å². The van der Waals surface area contributed by atoms with E-state index in [-0.39, 0.29) is 23.6 Å². The molecule has 0 bridgehead atoms. The lowest BCUT2D eigenvalue weighted by Gasteiger charge is -2.12. The maximum absolute atomic E-state index is 12.4. The number of imide groups is 1. The molecule has 26 heavy (non-hydrogen) atoms. The lowest BCUT2D eigenvalue weighted by atomic mass is 10.2. The van der Waals surface area contributed by atoms with Gasteiger partial charge in [-0.2, -0.15) is 0 Å². The van der Waals surface area contributed by atoms with Crippen LogP contribution < -0.4 is 5.32 Å². The summed E-state index contributed by atoms with van der Waals surface area (Å²) in [5.41, 5.74) is 0.322. The van der Waals surface area contributed by atoms with Gasteiger partial charge >= 0.3 is 5.97 Å². The fourth-order valence-electron chi connectivity index (χ4n) is 1.98. The van der Waals surface area contributed by atoms with E-state index in [0.29, 0.717) is 26.3 Å². The Morgan fingerprint density at radius 2 is 1.96 bits per heavy atom. The van der Waals surface area contributed by atoms with Crippen LogP contribution in [0.1, 0.15) is 12.0 Å². The number of amides is 3. The maximum Gasteiger partial charge on any atom is 0.305 e. The summed E-state index contributed by atoms with van der Waals surface area (Å²) in [4.78, 5) is 47.3. The molecule has 1 aliphatic heterocycles. The van der Waals surface area contributed by atoms with Crippen LogP contribution in [0.4, 0.5) is 4.79 Å². The van der Waals surface area contributed by atoms with Crippen LogP contribution in [0.5, 0.6) is 5.75 Å². The number of carbonyl (C=O) groups excluding carboxylic acids is 3. The van der Waals surface area contributed by atoms with Crippen molar-refractivity contribution in [3.63, 3.8) is 0 Å². The van der Waals surface area contributed by atoms with E-state index in [9.17, 15) is 24.3 Å². The van der Waals surface area contributed by atoms with Crippen LogP contribution in [-0.2, 0) is 14.4 Å². The molecule has 1 saturated heterocycles. The van der Waals surface area contributed by atoms with Gasteiger partial charge in [0.15, 0.2) is 0 Å². The maximum atomic E-state index is 12.4. The Hall–Kier alpha value is -1.85. The van der Waals surface area contributed by atoms with Crippen molar-refractivity contribution < 1.29 is 29.4 Å². The number of carboxylic acid groups (broad SMARTS) is 1. The van der Waals surface area contributed by atoms with Crippen molar-refractivity contribution in [3.8, 4) is 5.75 Å². The number of halogens is 2. The molecule has 11 heteroatoms. The quantitative estimate of drug-likeness (QED) is 0.505. The SMILES string of the molecule is O=C(O)CCNC(=O)CN1C(=O)S/C(=C\c2cc(Br)cc(Br)c2O)C1=O. The fraction of sp³-hybridized carbons (Fsp3) is 0.200. The largest absolute Gasteiger partial charge is 0.506 e. The van der Waals surface area contributed by atoms with Gasteiger partial charge in [0.05, 0.1) is 15.8 Å². The topological polar surface area (TPSA) is 124 Å². The zero-order chi connectivity index (χ0) is 19.4. The number of nitrogens with one attached hydrogen (secondary N) is 1. The number of benzene rings is 1. The minimum Gasteiger partial charge on any atom is -0.506 e. The van der Waals surface area contributed by atoms with Gasteiger partial charge < -0.3 is 15.5 Å². The Balaban J connectivity index is 2.11. The highest BCUT2D eigenvalue weighted by Gasteiger charge is 2.36. The van der Waals surface area contributed by atoms with E-state index < -0.39 is 29.6 Å². The van der Waals surface area contributed by atoms with Gasteiger partial charge in [-0.1, -0.05) is 15.9 Å². The zero-order valence-corrected chi connectivity index (χ0v) is 17.0. The van der Waals surface area contributed by atoms with E-state index in [4.69, 9.17) is 5.11 Å². The number of phenolic OH excluding ortho intramolecular Hbond substituents is 1. The van der Waals surface area contributed by atoms with Gasteiger partial charge in [-0.25, -0.2) is 0 Å². The molecule has 0 unspecified atom stereocenters. The van der Waals surface area contributed by atoms with E-state index >= 15 is 0 Å². The number of rotatable bonds is 6. The van der Waals surface area contributed by atoms with Gasteiger partial charge in [0.25, 0.3) is 11.1 Å². The molecule has 0 aromatic heterocycles. The number of hydrogen-bond donors (Lipinski definition) is 3. The molecule has 0 radical (unpaired) electrons. The average molecular weight is 508 g/mol. The van der Waals surface area contributed by atoms with Crippen molar-refractivity contribution in [3.05, 3.63) is 31.5 Å². The van der Waals surface area contributed by atoms with Gasteiger partial charge in [-0.05, 0) is 45.9 Å². The monoisotopic (exact) mass is 506 g/mol. The van der Waals surface area contributed by atoms with Gasteiger partial charge in [-0.15, -0.1) is 0 Å². The second kappa shape index (κ2) is 8.69. The molecule has 3 N–H and O–H groups in total. The second-order valence-electron chi connectivity index (χ2n) is 5.09. The van der Waals surface area contributed by atoms with Crippen LogP contribution in [0.3, 0.4) is 0 Å². The summed E-state index contributed by atoms with van der Waals surface area (Å²) in [7, 11) is 0. The van der Waals surface area contributed by atoms with E-state index in [0.717, 1.165) is 4.90 Å². The van der Waals surface area contributed by atoms with Crippen LogP contribution in [-0.4, -0.2) is 51.2 Å². The van der Waals surface area contributed by atoms with Crippen LogP contribution >= 0.6 is 43.6 Å². The minimum atomic E-state index is -1.07. The third-order valence-electron chi connectivity index (χ3n) is 3.18. The summed E-state index contributed by atoms with van der Waals surface area (Å²) in [6.07, 6.45) is 1.10. The first-order valence-electron chi connectivity index (χ1n) is 7.11. The number of carbonyl (C=O) groups is 4. The van der Waals surface area contributed by atoms with Crippen LogP contribution in [0.15, 0.2) is 26.0 Å². The number of nitrogens with zero attached hydrogens (tertiary/aromatic N) is 1. The van der Waals surface area contributed by atoms with Crippen molar-refractivity contribution in [1.82, 2.24) is 10.2 Å². The Morgan fingerprint density at radius 1 is 1.27 bits per heavy atom. The predicted octanol–water partition coefficient (Wildman–Crippen LogP) is 2.54. The van der Waals surface area contributed by atoms with E-state index in [2.05, 4.69) is 37.2 Å². The third-order valence-corrected chi connectivity index (χ3v) is 5.15. The Bertz CT molecular complexity index is 827. The van der Waals surface area contributed by atoms with Gasteiger partial charge in [-0.3, -0.25) is 24.1 Å². The first-order chi connectivity index (χ1) is 12.2. The summed E-state index contributed by atoms with van der Waals surface area (Å²) in [5, 5.41) is 20.3. The molecule has 0 saturated carbocycles. The number of aromatic hydroxyl groups is 1. The van der Waals surface area contributed by atoms with Crippen molar-refractivity contribution in [1.29, 1.82) is 0 Å². The predicted molar refractivity (Wildman–Crippen MR) is 101 cm³/mol. The number of phenols is 1. The molecular weight excluding hydrogens is 496 g/mol. The normalized spacial score (nSPS) is 15.6. The summed E-state index contributed by atoms with van der Waals surface area (Å²) in [6.45, 7) is -0.601. The minimum absolute atomic E-state index is 0.0636. The van der Waals surface area contributed by atoms with E-state index in [1.54, 1.807) is 12.1 Å². The Kier molecular flexibility index (Phi) is 6.84. The summed E-state index contributed by atoms with van der Waals surface area (Å²) in [5.74, 6) is -2.46. The van der Waals surface area contributed by atoms with Crippen molar-refractivity contribution in [2.24, 2.45) is 0 Å². The summed E-state index contributed by atoms with van der Waals surface area (Å²) < 4.78 is 1.07. The number of carboxylic acids is 1. The van der Waals surface area contributed by atoms with Gasteiger partial charge in [0.2, 0.25) is 5.91 Å². The molecular formula is C15H12Br2N2O6S. The second-order valence-corrected chi connectivity index (χ2v) is 7.85. The molecule has 1 fully saturated rings. The molecule has 138 valence electrons. The summed E-state index contributed by atoms with van der Waals surface area (Å²) >= 11 is 7.10. The highest BCUT2D eigenvalue weighted by Crippen LogP contribution is 2.37. The van der Waals surface area contributed by atoms with E-state index in [1.165, 1.54) is 6.08 Å². The molecule has 0 aliphatic carbocycles. The first-order valence-corrected chi connectivity index (χ1v) is 9.51. The lowest BCUT2D eigenvalue weighted by molar-refractivity contribution is -0.137. The molecule has 0 spiro atoms. The third kappa shape index (κ3) is 5.08. The molecule has 1 aromatic carbocycles. The molecule has 0 atom stereocenters. The Labute approximate surface area is 168 Å². The zero-order valence-electron chi connectivity index (χ0n) is 13.0. The Morgan fingerprint density at radius 3 is 2.62 bits per heavy atom. The van der Waals surface area contributed by atoms with Crippen molar-refractivity contribution in [2.75, 3.05) is 13.1 Å². The molecule has 3 amide bonds. The average Bonchev–Trinajstić information content (AvgIpc) is 2.79. The standard InChI is InChI=1S/C15H12Br2N2O6S/c16-8-3-7(13(23)9(17)5-8)4-10-14(24)19(15(25)26-10)6-11(20)18-2-1-12(21)22/h3-5,23H,1-2,6H2,(H,18,20)(H,21,22)/b10-4-. The van der Waals surface area contributed by atoms with Crippen molar-refractivity contribution >= 4 is 72.7 Å². The van der Waals surface area contributed by atoms with Crippen LogP contribution in [0, 0.1) is 0 Å². The summed E-state index contributed by atoms with van der Waals surface area (Å²) in [6, 6.07) is 3.20. The smallest absolute Gasteiger partial charge is 0.305 e. The number of hydrogen-bond acceptors (Lipinski definition) is 6. The first kappa shape index (κ1) is 20.5. The molecule has 2 rings (SSSR count). The number of aliphatic carboxylic acids is 1. The number of thioether (sulfide) groups is 1. The highest BCUT2D eigenvalue weighted by atomic mass is 79.9. The van der Waals surface area contributed by atoms with Gasteiger partial charge in [0, 0.05) is 16.6 Å². The lowest BCUT2D eigenvalue weighted by Crippen LogP contribution is -2.40. The van der Waals surface area contributed by atoms with Crippen LogP contribution in [0.2, 0.25) is 0 Å². The van der Waals surface area contributed by atoms with Crippen LogP contribution in [0.25, 0.3) is 6.08 Å². The fourth-order valence-corrected chi connectivity index (χ4v) is 4.07.